The SMILES string of the molecule is Cc1[nH]c2cccc(C)c2c1C(=O)NCc1ccc2c(c1)OCO2. The second-order valence-corrected chi connectivity index (χ2v) is 5.99. The van der Waals surface area contributed by atoms with E-state index in [1.165, 1.54) is 0 Å². The third kappa shape index (κ3) is 2.38. The van der Waals surface area contributed by atoms with Gasteiger partial charge in [0.05, 0.1) is 5.56 Å². The zero-order valence-electron chi connectivity index (χ0n) is 13.6. The average Bonchev–Trinajstić information content (AvgIpc) is 3.16. The van der Waals surface area contributed by atoms with E-state index in [4.69, 9.17) is 9.47 Å². The molecular weight excluding hydrogens is 304 g/mol. The van der Waals surface area contributed by atoms with Crippen LogP contribution in [0.4, 0.5) is 0 Å². The van der Waals surface area contributed by atoms with Crippen molar-refractivity contribution in [3.05, 3.63) is 58.8 Å². The summed E-state index contributed by atoms with van der Waals surface area (Å²) >= 11 is 0. The number of hydrogen-bond acceptors (Lipinski definition) is 3. The molecule has 0 spiro atoms. The van der Waals surface area contributed by atoms with E-state index < -0.39 is 0 Å². The molecule has 122 valence electrons. The van der Waals surface area contributed by atoms with Crippen LogP contribution in [-0.2, 0) is 6.54 Å². The number of fused-ring (bicyclic) bond motifs is 2. The van der Waals surface area contributed by atoms with Gasteiger partial charge in [-0.2, -0.15) is 0 Å². The summed E-state index contributed by atoms with van der Waals surface area (Å²) in [7, 11) is 0. The number of amides is 1. The summed E-state index contributed by atoms with van der Waals surface area (Å²) in [4.78, 5) is 16.0. The predicted octanol–water partition coefficient (Wildman–Crippen LogP) is 3.44. The van der Waals surface area contributed by atoms with Crippen LogP contribution in [-0.4, -0.2) is 17.7 Å². The summed E-state index contributed by atoms with van der Waals surface area (Å²) in [5, 5.41) is 3.98. The highest BCUT2D eigenvalue weighted by Gasteiger charge is 2.18. The summed E-state index contributed by atoms with van der Waals surface area (Å²) in [5.74, 6) is 1.39. The van der Waals surface area contributed by atoms with E-state index in [1.807, 2.05) is 50.2 Å². The lowest BCUT2D eigenvalue weighted by Crippen LogP contribution is -2.23. The van der Waals surface area contributed by atoms with Gasteiger partial charge in [0.15, 0.2) is 11.5 Å². The van der Waals surface area contributed by atoms with Crippen molar-refractivity contribution in [2.75, 3.05) is 6.79 Å². The summed E-state index contributed by atoms with van der Waals surface area (Å²) < 4.78 is 10.7. The number of nitrogens with one attached hydrogen (secondary N) is 2. The molecule has 0 saturated carbocycles. The molecule has 5 nitrogen and oxygen atoms in total. The molecule has 1 aromatic heterocycles. The highest BCUT2D eigenvalue weighted by atomic mass is 16.7. The number of carbonyl (C=O) groups excluding carboxylic acids is 1. The van der Waals surface area contributed by atoms with Crippen LogP contribution in [0.15, 0.2) is 36.4 Å². The Bertz CT molecular complexity index is 943. The molecule has 4 rings (SSSR count). The maximum atomic E-state index is 12.7. The monoisotopic (exact) mass is 322 g/mol. The van der Waals surface area contributed by atoms with Crippen molar-refractivity contribution in [1.29, 1.82) is 0 Å². The highest BCUT2D eigenvalue weighted by molar-refractivity contribution is 6.09. The number of benzene rings is 2. The first-order valence-corrected chi connectivity index (χ1v) is 7.88. The molecule has 0 saturated heterocycles. The third-order valence-electron chi connectivity index (χ3n) is 4.34. The highest BCUT2D eigenvalue weighted by Crippen LogP contribution is 2.32. The minimum absolute atomic E-state index is 0.0780. The Balaban J connectivity index is 1.58. The van der Waals surface area contributed by atoms with E-state index in [2.05, 4.69) is 10.3 Å². The van der Waals surface area contributed by atoms with Gasteiger partial charge >= 0.3 is 0 Å². The molecule has 0 atom stereocenters. The van der Waals surface area contributed by atoms with Crippen LogP contribution < -0.4 is 14.8 Å². The predicted molar refractivity (Wildman–Crippen MR) is 91.5 cm³/mol. The molecule has 1 amide bonds. The maximum absolute atomic E-state index is 12.7. The quantitative estimate of drug-likeness (QED) is 0.776. The zero-order valence-corrected chi connectivity index (χ0v) is 13.6. The lowest BCUT2D eigenvalue weighted by atomic mass is 10.1. The number of rotatable bonds is 3. The van der Waals surface area contributed by atoms with Crippen molar-refractivity contribution in [2.45, 2.75) is 20.4 Å². The third-order valence-corrected chi connectivity index (χ3v) is 4.34. The van der Waals surface area contributed by atoms with Crippen LogP contribution in [0.3, 0.4) is 0 Å². The van der Waals surface area contributed by atoms with Gasteiger partial charge in [0.2, 0.25) is 6.79 Å². The molecule has 24 heavy (non-hydrogen) atoms. The summed E-state index contributed by atoms with van der Waals surface area (Å²) in [5.41, 5.74) is 4.64. The van der Waals surface area contributed by atoms with Gasteiger partial charge in [0, 0.05) is 23.1 Å². The Hall–Kier alpha value is -2.95. The van der Waals surface area contributed by atoms with E-state index in [0.29, 0.717) is 12.1 Å². The number of carbonyl (C=O) groups is 1. The first kappa shape index (κ1) is 14.6. The van der Waals surface area contributed by atoms with Crippen LogP contribution >= 0.6 is 0 Å². The standard InChI is InChI=1S/C19H18N2O3/c1-11-4-3-5-14-17(11)18(12(2)21-14)19(22)20-9-13-6-7-15-16(8-13)24-10-23-15/h3-8,21H,9-10H2,1-2H3,(H,20,22). The molecule has 1 aliphatic rings. The lowest BCUT2D eigenvalue weighted by molar-refractivity contribution is 0.0952. The van der Waals surface area contributed by atoms with Crippen molar-refractivity contribution in [2.24, 2.45) is 0 Å². The normalized spacial score (nSPS) is 12.6. The van der Waals surface area contributed by atoms with Gasteiger partial charge in [0.25, 0.3) is 5.91 Å². The van der Waals surface area contributed by atoms with Crippen molar-refractivity contribution < 1.29 is 14.3 Å². The molecule has 3 aromatic rings. The number of hydrogen-bond donors (Lipinski definition) is 2. The van der Waals surface area contributed by atoms with E-state index in [9.17, 15) is 4.79 Å². The molecule has 2 heterocycles. The minimum Gasteiger partial charge on any atom is -0.454 e. The fraction of sp³-hybridized carbons (Fsp3) is 0.211. The first-order valence-electron chi connectivity index (χ1n) is 7.88. The van der Waals surface area contributed by atoms with E-state index in [0.717, 1.165) is 39.2 Å². The van der Waals surface area contributed by atoms with Crippen LogP contribution in [0.25, 0.3) is 10.9 Å². The molecule has 1 aliphatic heterocycles. The zero-order chi connectivity index (χ0) is 16.7. The number of ether oxygens (including phenoxy) is 2. The van der Waals surface area contributed by atoms with E-state index in [1.54, 1.807) is 0 Å². The topological polar surface area (TPSA) is 63.4 Å². The summed E-state index contributed by atoms with van der Waals surface area (Å²) in [6.45, 7) is 4.63. The lowest BCUT2D eigenvalue weighted by Gasteiger charge is -2.07. The minimum atomic E-state index is -0.0780. The van der Waals surface area contributed by atoms with E-state index >= 15 is 0 Å². The van der Waals surface area contributed by atoms with Gasteiger partial charge in [0.1, 0.15) is 0 Å². The number of aryl methyl sites for hydroxylation is 2. The Morgan fingerprint density at radius 1 is 1.17 bits per heavy atom. The molecule has 0 aliphatic carbocycles. The molecule has 0 unspecified atom stereocenters. The maximum Gasteiger partial charge on any atom is 0.254 e. The Kier molecular flexibility index (Phi) is 3.41. The second-order valence-electron chi connectivity index (χ2n) is 5.99. The number of aromatic amines is 1. The van der Waals surface area contributed by atoms with Gasteiger partial charge in [-0.15, -0.1) is 0 Å². The van der Waals surface area contributed by atoms with Gasteiger partial charge < -0.3 is 19.8 Å². The molecule has 2 aromatic carbocycles. The van der Waals surface area contributed by atoms with Crippen LogP contribution in [0.5, 0.6) is 11.5 Å². The van der Waals surface area contributed by atoms with Crippen molar-refractivity contribution >= 4 is 16.8 Å². The van der Waals surface area contributed by atoms with Crippen LogP contribution in [0.1, 0.15) is 27.2 Å². The second kappa shape index (κ2) is 5.60. The van der Waals surface area contributed by atoms with Gasteiger partial charge in [-0.05, 0) is 43.2 Å². The van der Waals surface area contributed by atoms with Crippen LogP contribution in [0, 0.1) is 13.8 Å². The molecule has 2 N–H and O–H groups in total. The van der Waals surface area contributed by atoms with Crippen LogP contribution in [0.2, 0.25) is 0 Å². The van der Waals surface area contributed by atoms with Gasteiger partial charge in [-0.25, -0.2) is 0 Å². The molecular formula is C19H18N2O3. The van der Waals surface area contributed by atoms with Crippen molar-refractivity contribution in [1.82, 2.24) is 10.3 Å². The average molecular weight is 322 g/mol. The fourth-order valence-electron chi connectivity index (χ4n) is 3.16. The molecule has 5 heteroatoms. The summed E-state index contributed by atoms with van der Waals surface area (Å²) in [6, 6.07) is 11.7. The largest absolute Gasteiger partial charge is 0.454 e. The van der Waals surface area contributed by atoms with Gasteiger partial charge in [-0.3, -0.25) is 4.79 Å². The van der Waals surface area contributed by atoms with Gasteiger partial charge in [-0.1, -0.05) is 18.2 Å². The van der Waals surface area contributed by atoms with Crippen molar-refractivity contribution in [3.8, 4) is 11.5 Å². The number of aromatic nitrogens is 1. The summed E-state index contributed by atoms with van der Waals surface area (Å²) in [6.07, 6.45) is 0. The molecule has 0 radical (unpaired) electrons. The fourth-order valence-corrected chi connectivity index (χ4v) is 3.16. The molecule has 0 fully saturated rings. The van der Waals surface area contributed by atoms with E-state index in [-0.39, 0.29) is 12.7 Å². The first-order chi connectivity index (χ1) is 11.6. The molecule has 0 bridgehead atoms. The Morgan fingerprint density at radius 3 is 2.88 bits per heavy atom. The Labute approximate surface area is 139 Å². The number of H-pyrrole nitrogens is 1. The Morgan fingerprint density at radius 2 is 2.00 bits per heavy atom. The smallest absolute Gasteiger partial charge is 0.254 e. The van der Waals surface area contributed by atoms with Crippen molar-refractivity contribution in [3.63, 3.8) is 0 Å².